The fourth-order valence-electron chi connectivity index (χ4n) is 1.49. The molecule has 0 fully saturated rings. The summed E-state index contributed by atoms with van der Waals surface area (Å²) in [6.45, 7) is 5.43. The van der Waals surface area contributed by atoms with Crippen LogP contribution in [0.2, 0.25) is 0 Å². The number of hydrogen-bond donors (Lipinski definition) is 2. The third-order valence-corrected chi connectivity index (χ3v) is 2.59. The van der Waals surface area contributed by atoms with Crippen LogP contribution in [0, 0.1) is 0 Å². The molecule has 4 nitrogen and oxygen atoms in total. The number of nitrogens with one attached hydrogen (secondary N) is 2. The molecular weight excluding hydrogens is 216 g/mol. The van der Waals surface area contributed by atoms with Gasteiger partial charge >= 0.3 is 11.8 Å². The highest BCUT2D eigenvalue weighted by Crippen LogP contribution is 1.96. The van der Waals surface area contributed by atoms with E-state index >= 15 is 0 Å². The maximum atomic E-state index is 11.3. The second-order valence-electron chi connectivity index (χ2n) is 4.28. The number of hydrogen-bond acceptors (Lipinski definition) is 2. The lowest BCUT2D eigenvalue weighted by Crippen LogP contribution is -2.40. The van der Waals surface area contributed by atoms with Crippen LogP contribution in [0.15, 0.2) is 0 Å². The fourth-order valence-corrected chi connectivity index (χ4v) is 1.49. The molecule has 2 amide bonds. The van der Waals surface area contributed by atoms with Gasteiger partial charge in [0.15, 0.2) is 0 Å². The van der Waals surface area contributed by atoms with E-state index in [1.165, 1.54) is 12.8 Å². The molecule has 0 aromatic heterocycles. The first-order valence-corrected chi connectivity index (χ1v) is 6.78. The van der Waals surface area contributed by atoms with Crippen LogP contribution in [-0.4, -0.2) is 24.9 Å². The standard InChI is InChI=1S/C13H26N2O2/c1-3-5-7-9-11-15-13(17)12(16)14-10-8-6-4-2/h3-11H2,1-2H3,(H,14,16)(H,15,17). The zero-order chi connectivity index (χ0) is 12.9. The molecule has 0 aliphatic rings. The summed E-state index contributed by atoms with van der Waals surface area (Å²) in [5.41, 5.74) is 0. The lowest BCUT2D eigenvalue weighted by molar-refractivity contribution is -0.139. The number of unbranched alkanes of at least 4 members (excludes halogenated alkanes) is 5. The van der Waals surface area contributed by atoms with E-state index in [1.807, 2.05) is 0 Å². The van der Waals surface area contributed by atoms with E-state index in [4.69, 9.17) is 0 Å². The van der Waals surface area contributed by atoms with Crippen LogP contribution in [0.4, 0.5) is 0 Å². The van der Waals surface area contributed by atoms with E-state index in [9.17, 15) is 9.59 Å². The summed E-state index contributed by atoms with van der Waals surface area (Å²) in [5.74, 6) is -1.01. The van der Waals surface area contributed by atoms with E-state index in [0.717, 1.165) is 32.1 Å². The highest BCUT2D eigenvalue weighted by Gasteiger charge is 2.10. The largest absolute Gasteiger partial charge is 0.348 e. The van der Waals surface area contributed by atoms with Gasteiger partial charge in [-0.3, -0.25) is 9.59 Å². The molecule has 0 radical (unpaired) electrons. The monoisotopic (exact) mass is 242 g/mol. The molecule has 0 saturated heterocycles. The van der Waals surface area contributed by atoms with Crippen LogP contribution in [0.1, 0.15) is 58.8 Å². The average Bonchev–Trinajstić information content (AvgIpc) is 2.34. The van der Waals surface area contributed by atoms with Gasteiger partial charge in [-0.05, 0) is 12.8 Å². The van der Waals surface area contributed by atoms with Gasteiger partial charge in [-0.2, -0.15) is 0 Å². The number of carbonyl (C=O) groups excluding carboxylic acids is 2. The van der Waals surface area contributed by atoms with Gasteiger partial charge in [-0.25, -0.2) is 0 Å². The van der Waals surface area contributed by atoms with Crippen molar-refractivity contribution in [2.45, 2.75) is 58.8 Å². The van der Waals surface area contributed by atoms with Crippen LogP contribution >= 0.6 is 0 Å². The van der Waals surface area contributed by atoms with Crippen molar-refractivity contribution >= 4 is 11.8 Å². The Bertz CT molecular complexity index is 217. The highest BCUT2D eigenvalue weighted by atomic mass is 16.2. The Morgan fingerprint density at radius 3 is 1.59 bits per heavy atom. The predicted molar refractivity (Wildman–Crippen MR) is 69.7 cm³/mol. The molecule has 0 aliphatic heterocycles. The van der Waals surface area contributed by atoms with Crippen molar-refractivity contribution in [3.8, 4) is 0 Å². The van der Waals surface area contributed by atoms with Crippen molar-refractivity contribution in [1.29, 1.82) is 0 Å². The molecule has 0 spiro atoms. The summed E-state index contributed by atoms with van der Waals surface area (Å²) < 4.78 is 0. The predicted octanol–water partition coefficient (Wildman–Crippen LogP) is 1.99. The van der Waals surface area contributed by atoms with Crippen LogP contribution in [-0.2, 0) is 9.59 Å². The summed E-state index contributed by atoms with van der Waals surface area (Å²) in [6, 6.07) is 0. The van der Waals surface area contributed by atoms with Gasteiger partial charge in [0.2, 0.25) is 0 Å². The lowest BCUT2D eigenvalue weighted by atomic mass is 10.2. The van der Waals surface area contributed by atoms with E-state index < -0.39 is 11.8 Å². The minimum atomic E-state index is -0.503. The van der Waals surface area contributed by atoms with Gasteiger partial charge in [-0.15, -0.1) is 0 Å². The first-order chi connectivity index (χ1) is 8.22. The summed E-state index contributed by atoms with van der Waals surface area (Å²) in [5, 5.41) is 5.25. The van der Waals surface area contributed by atoms with Crippen LogP contribution < -0.4 is 10.6 Å². The average molecular weight is 242 g/mol. The van der Waals surface area contributed by atoms with Crippen molar-refractivity contribution in [2.24, 2.45) is 0 Å². The Hall–Kier alpha value is -1.06. The third-order valence-electron chi connectivity index (χ3n) is 2.59. The Morgan fingerprint density at radius 2 is 1.12 bits per heavy atom. The maximum Gasteiger partial charge on any atom is 0.309 e. The lowest BCUT2D eigenvalue weighted by Gasteiger charge is -2.05. The third kappa shape index (κ3) is 9.85. The molecule has 4 heteroatoms. The SMILES string of the molecule is CCCCCCNC(=O)C(=O)NCCCCC. The summed E-state index contributed by atoms with van der Waals surface area (Å²) in [4.78, 5) is 22.6. The molecule has 2 N–H and O–H groups in total. The molecule has 0 bridgehead atoms. The summed E-state index contributed by atoms with van der Waals surface area (Å²) in [7, 11) is 0. The normalized spacial score (nSPS) is 10.0. The minimum absolute atomic E-state index is 0.502. The molecule has 0 rings (SSSR count). The highest BCUT2D eigenvalue weighted by molar-refractivity contribution is 6.35. The Balaban J connectivity index is 3.44. The molecule has 0 heterocycles. The van der Waals surface area contributed by atoms with Crippen LogP contribution in [0.25, 0.3) is 0 Å². The quantitative estimate of drug-likeness (QED) is 0.480. The van der Waals surface area contributed by atoms with E-state index in [2.05, 4.69) is 24.5 Å². The van der Waals surface area contributed by atoms with Gasteiger partial charge in [-0.1, -0.05) is 46.0 Å². The van der Waals surface area contributed by atoms with E-state index in [-0.39, 0.29) is 0 Å². The second-order valence-corrected chi connectivity index (χ2v) is 4.28. The summed E-state index contributed by atoms with van der Waals surface area (Å²) >= 11 is 0. The minimum Gasteiger partial charge on any atom is -0.348 e. The first kappa shape index (κ1) is 15.9. The van der Waals surface area contributed by atoms with Gasteiger partial charge < -0.3 is 10.6 Å². The first-order valence-electron chi connectivity index (χ1n) is 6.78. The van der Waals surface area contributed by atoms with Gasteiger partial charge in [0, 0.05) is 13.1 Å². The molecule has 0 aromatic rings. The Kier molecular flexibility index (Phi) is 10.7. The molecule has 0 unspecified atom stereocenters. The van der Waals surface area contributed by atoms with Gasteiger partial charge in [0.1, 0.15) is 0 Å². The molecular formula is C13H26N2O2. The fraction of sp³-hybridized carbons (Fsp3) is 0.846. The molecule has 0 aliphatic carbocycles. The molecule has 100 valence electrons. The molecule has 17 heavy (non-hydrogen) atoms. The van der Waals surface area contributed by atoms with E-state index in [1.54, 1.807) is 0 Å². The van der Waals surface area contributed by atoms with Gasteiger partial charge in [0.25, 0.3) is 0 Å². The number of amides is 2. The maximum absolute atomic E-state index is 11.3. The van der Waals surface area contributed by atoms with Gasteiger partial charge in [0.05, 0.1) is 0 Å². The molecule has 0 aromatic carbocycles. The molecule has 0 atom stereocenters. The Labute approximate surface area is 105 Å². The van der Waals surface area contributed by atoms with Crippen molar-refractivity contribution in [3.05, 3.63) is 0 Å². The molecule has 0 saturated carbocycles. The zero-order valence-electron chi connectivity index (χ0n) is 11.2. The van der Waals surface area contributed by atoms with Crippen molar-refractivity contribution in [2.75, 3.05) is 13.1 Å². The second kappa shape index (κ2) is 11.4. The van der Waals surface area contributed by atoms with E-state index in [0.29, 0.717) is 13.1 Å². The summed E-state index contributed by atoms with van der Waals surface area (Å²) in [6.07, 6.45) is 7.53. The van der Waals surface area contributed by atoms with Crippen LogP contribution in [0.3, 0.4) is 0 Å². The zero-order valence-corrected chi connectivity index (χ0v) is 11.2. The van der Waals surface area contributed by atoms with Crippen molar-refractivity contribution < 1.29 is 9.59 Å². The van der Waals surface area contributed by atoms with Crippen molar-refractivity contribution in [1.82, 2.24) is 10.6 Å². The van der Waals surface area contributed by atoms with Crippen molar-refractivity contribution in [3.63, 3.8) is 0 Å². The number of carbonyl (C=O) groups is 2. The number of rotatable bonds is 9. The van der Waals surface area contributed by atoms with Crippen LogP contribution in [0.5, 0.6) is 0 Å². The smallest absolute Gasteiger partial charge is 0.309 e. The Morgan fingerprint density at radius 1 is 0.706 bits per heavy atom. The topological polar surface area (TPSA) is 58.2 Å².